The Bertz CT molecular complexity index is 1250. The number of phenols is 1. The first-order valence-electron chi connectivity index (χ1n) is 9.24. The second kappa shape index (κ2) is 8.81. The number of nitrogens with zero attached hydrogens (tertiary/aromatic N) is 3. The van der Waals surface area contributed by atoms with Gasteiger partial charge >= 0.3 is 0 Å². The number of hydrogen-bond donors (Lipinski definition) is 2. The van der Waals surface area contributed by atoms with Crippen LogP contribution in [0.5, 0.6) is 5.75 Å². The van der Waals surface area contributed by atoms with Gasteiger partial charge in [0.05, 0.1) is 17.5 Å². The van der Waals surface area contributed by atoms with Gasteiger partial charge in [-0.15, -0.1) is 0 Å². The number of phenolic OH excluding ortho intramolecular Hbond substituents is 1. The van der Waals surface area contributed by atoms with Crippen LogP contribution in [0.3, 0.4) is 0 Å². The fourth-order valence-corrected chi connectivity index (χ4v) is 3.11. The molecule has 0 fully saturated rings. The monoisotopic (exact) mass is 434 g/mol. The van der Waals surface area contributed by atoms with Gasteiger partial charge in [-0.05, 0) is 54.6 Å². The molecule has 0 radical (unpaired) electrons. The van der Waals surface area contributed by atoms with Crippen LogP contribution in [0.1, 0.15) is 15.9 Å². The summed E-state index contributed by atoms with van der Waals surface area (Å²) in [4.78, 5) is 12.3. The number of rotatable bonds is 5. The highest BCUT2D eigenvalue weighted by Crippen LogP contribution is 2.24. The topological polar surface area (TPSA) is 79.5 Å². The second-order valence-electron chi connectivity index (χ2n) is 6.58. The summed E-state index contributed by atoms with van der Waals surface area (Å²) in [5.41, 5.74) is 5.06. The van der Waals surface area contributed by atoms with Gasteiger partial charge < -0.3 is 5.11 Å². The minimum atomic E-state index is -0.616. The molecule has 154 valence electrons. The molecule has 4 aromatic rings. The van der Waals surface area contributed by atoms with Crippen LogP contribution in [0.15, 0.2) is 84.1 Å². The first kappa shape index (κ1) is 20.3. The molecule has 0 saturated heterocycles. The molecule has 1 heterocycles. The first-order valence-corrected chi connectivity index (χ1v) is 9.62. The maximum atomic E-state index is 13.4. The predicted molar refractivity (Wildman–Crippen MR) is 117 cm³/mol. The molecular weight excluding hydrogens is 419 g/mol. The Labute approximate surface area is 182 Å². The molecule has 0 unspecified atom stereocenters. The van der Waals surface area contributed by atoms with Gasteiger partial charge in [-0.25, -0.2) is 14.5 Å². The highest BCUT2D eigenvalue weighted by atomic mass is 35.5. The Morgan fingerprint density at radius 1 is 1.10 bits per heavy atom. The minimum absolute atomic E-state index is 0.00314. The predicted octanol–water partition coefficient (Wildman–Crippen LogP) is 4.80. The van der Waals surface area contributed by atoms with E-state index < -0.39 is 5.91 Å². The number of aromatic hydroxyl groups is 1. The first-order chi connectivity index (χ1) is 15.0. The summed E-state index contributed by atoms with van der Waals surface area (Å²) < 4.78 is 15.0. The third-order valence-corrected chi connectivity index (χ3v) is 4.69. The molecule has 0 aliphatic carbocycles. The van der Waals surface area contributed by atoms with Crippen molar-refractivity contribution in [2.45, 2.75) is 0 Å². The van der Waals surface area contributed by atoms with Crippen LogP contribution in [-0.4, -0.2) is 27.0 Å². The summed E-state index contributed by atoms with van der Waals surface area (Å²) in [6, 6.07) is 19.6. The van der Waals surface area contributed by atoms with E-state index in [0.717, 1.165) is 5.69 Å². The van der Waals surface area contributed by atoms with Crippen molar-refractivity contribution in [1.29, 1.82) is 0 Å². The van der Waals surface area contributed by atoms with Crippen molar-refractivity contribution in [3.05, 3.63) is 101 Å². The molecule has 6 nitrogen and oxygen atoms in total. The number of amides is 1. The largest absolute Gasteiger partial charge is 0.507 e. The number of carbonyl (C=O) groups excluding carboxylic acids is 1. The van der Waals surface area contributed by atoms with Gasteiger partial charge in [0, 0.05) is 22.3 Å². The zero-order valence-corrected chi connectivity index (χ0v) is 16.8. The molecule has 8 heteroatoms. The Hall–Kier alpha value is -3.97. The molecule has 4 rings (SSSR count). The lowest BCUT2D eigenvalue weighted by Gasteiger charge is -2.03. The van der Waals surface area contributed by atoms with Crippen LogP contribution >= 0.6 is 11.6 Å². The van der Waals surface area contributed by atoms with Crippen molar-refractivity contribution in [1.82, 2.24) is 15.2 Å². The lowest BCUT2D eigenvalue weighted by atomic mass is 10.1. The summed E-state index contributed by atoms with van der Waals surface area (Å²) in [6.07, 6.45) is 3.19. The van der Waals surface area contributed by atoms with Crippen molar-refractivity contribution in [3.63, 3.8) is 0 Å². The molecular formula is C23H16ClFN4O2. The van der Waals surface area contributed by atoms with Gasteiger partial charge in [0.25, 0.3) is 5.91 Å². The van der Waals surface area contributed by atoms with Crippen molar-refractivity contribution in [2.24, 2.45) is 5.10 Å². The standard InChI is InChI=1S/C23H16ClFN4O2/c24-17-8-11-21(30)20(12-17)23(31)27-26-13-16-14-29(19-4-2-1-3-5-19)28-22(16)15-6-9-18(25)10-7-15/h1-14,30H,(H,27,31)/b26-13+. The Morgan fingerprint density at radius 3 is 2.58 bits per heavy atom. The van der Waals surface area contributed by atoms with Gasteiger partial charge in [0.1, 0.15) is 17.3 Å². The maximum Gasteiger partial charge on any atom is 0.275 e. The van der Waals surface area contributed by atoms with Crippen LogP contribution < -0.4 is 5.43 Å². The highest BCUT2D eigenvalue weighted by Gasteiger charge is 2.13. The number of hydrogen-bond acceptors (Lipinski definition) is 4. The summed E-state index contributed by atoms with van der Waals surface area (Å²) in [5.74, 6) is -1.17. The number of aromatic nitrogens is 2. The number of nitrogens with one attached hydrogen (secondary N) is 1. The maximum absolute atomic E-state index is 13.4. The van der Waals surface area contributed by atoms with E-state index in [9.17, 15) is 14.3 Å². The van der Waals surface area contributed by atoms with Crippen molar-refractivity contribution in [2.75, 3.05) is 0 Å². The molecule has 2 N–H and O–H groups in total. The molecule has 0 spiro atoms. The van der Waals surface area contributed by atoms with Gasteiger partial charge in [-0.2, -0.15) is 10.2 Å². The van der Waals surface area contributed by atoms with Crippen LogP contribution in [0.25, 0.3) is 16.9 Å². The highest BCUT2D eigenvalue weighted by molar-refractivity contribution is 6.31. The van der Waals surface area contributed by atoms with Crippen molar-refractivity contribution < 1.29 is 14.3 Å². The van der Waals surface area contributed by atoms with Crippen LogP contribution in [-0.2, 0) is 0 Å². The van der Waals surface area contributed by atoms with E-state index in [4.69, 9.17) is 11.6 Å². The van der Waals surface area contributed by atoms with Crippen LogP contribution in [0.4, 0.5) is 4.39 Å². The quantitative estimate of drug-likeness (QED) is 0.349. The number of para-hydroxylation sites is 1. The summed E-state index contributed by atoms with van der Waals surface area (Å²) >= 11 is 5.88. The molecule has 31 heavy (non-hydrogen) atoms. The van der Waals surface area contributed by atoms with E-state index in [1.807, 2.05) is 30.3 Å². The third-order valence-electron chi connectivity index (χ3n) is 4.45. The van der Waals surface area contributed by atoms with E-state index in [2.05, 4.69) is 15.6 Å². The average molecular weight is 435 g/mol. The van der Waals surface area contributed by atoms with Crippen molar-refractivity contribution in [3.8, 4) is 22.7 Å². The Morgan fingerprint density at radius 2 is 1.84 bits per heavy atom. The summed E-state index contributed by atoms with van der Waals surface area (Å²) in [6.45, 7) is 0. The minimum Gasteiger partial charge on any atom is -0.507 e. The van der Waals surface area contributed by atoms with Crippen molar-refractivity contribution >= 4 is 23.7 Å². The normalized spacial score (nSPS) is 11.0. The fourth-order valence-electron chi connectivity index (χ4n) is 2.94. The fraction of sp³-hybridized carbons (Fsp3) is 0. The molecule has 0 aliphatic rings. The molecule has 1 aromatic heterocycles. The van der Waals surface area contributed by atoms with E-state index >= 15 is 0 Å². The Kier molecular flexibility index (Phi) is 5.77. The van der Waals surface area contributed by atoms with Crippen LogP contribution in [0, 0.1) is 5.82 Å². The number of carbonyl (C=O) groups is 1. The van der Waals surface area contributed by atoms with Gasteiger partial charge in [0.2, 0.25) is 0 Å². The molecule has 0 bridgehead atoms. The number of benzene rings is 3. The smallest absolute Gasteiger partial charge is 0.275 e. The van der Waals surface area contributed by atoms with E-state index in [1.165, 1.54) is 36.5 Å². The van der Waals surface area contributed by atoms with E-state index in [1.54, 1.807) is 23.0 Å². The van der Waals surface area contributed by atoms with Gasteiger partial charge in [-0.1, -0.05) is 29.8 Å². The molecule has 3 aromatic carbocycles. The molecule has 0 saturated carbocycles. The van der Waals surface area contributed by atoms with Gasteiger partial charge in [0.15, 0.2) is 0 Å². The summed E-state index contributed by atoms with van der Waals surface area (Å²) in [5, 5.41) is 18.8. The van der Waals surface area contributed by atoms with Gasteiger partial charge in [-0.3, -0.25) is 4.79 Å². The zero-order chi connectivity index (χ0) is 21.8. The summed E-state index contributed by atoms with van der Waals surface area (Å²) in [7, 11) is 0. The Balaban J connectivity index is 1.64. The third kappa shape index (κ3) is 4.62. The van der Waals surface area contributed by atoms with Crippen LogP contribution in [0.2, 0.25) is 5.02 Å². The second-order valence-corrected chi connectivity index (χ2v) is 7.02. The SMILES string of the molecule is O=C(N/N=C/c1cn(-c2ccccc2)nc1-c1ccc(F)cc1)c1cc(Cl)ccc1O. The average Bonchev–Trinajstić information content (AvgIpc) is 3.20. The van der Waals surface area contributed by atoms with E-state index in [-0.39, 0.29) is 17.1 Å². The molecule has 0 atom stereocenters. The lowest BCUT2D eigenvalue weighted by molar-refractivity contribution is 0.0952. The molecule has 0 aliphatic heterocycles. The van der Waals surface area contributed by atoms with E-state index in [0.29, 0.717) is 21.8 Å². The lowest BCUT2D eigenvalue weighted by Crippen LogP contribution is -2.17. The number of halogens is 2. The number of hydrazone groups is 1. The zero-order valence-electron chi connectivity index (χ0n) is 16.0. The molecule has 1 amide bonds.